The van der Waals surface area contributed by atoms with E-state index < -0.39 is 0 Å². The van der Waals surface area contributed by atoms with Gasteiger partial charge in [-0.05, 0) is 49.4 Å². The van der Waals surface area contributed by atoms with Gasteiger partial charge in [0.1, 0.15) is 5.58 Å². The lowest BCUT2D eigenvalue weighted by Crippen LogP contribution is -2.00. The van der Waals surface area contributed by atoms with Crippen LogP contribution in [0.5, 0.6) is 0 Å². The van der Waals surface area contributed by atoms with E-state index in [1.807, 2.05) is 12.5 Å². The number of nitrogens with one attached hydrogen (secondary N) is 1. The topological polar surface area (TPSA) is 38.1 Å². The number of fused-ring (bicyclic) bond motifs is 2. The van der Waals surface area contributed by atoms with Crippen LogP contribution in [-0.2, 0) is 19.3 Å². The molecule has 3 aromatic rings. The van der Waals surface area contributed by atoms with Gasteiger partial charge < -0.3 is 9.73 Å². The van der Waals surface area contributed by atoms with Gasteiger partial charge in [-0.1, -0.05) is 6.58 Å². The van der Waals surface area contributed by atoms with Crippen LogP contribution in [0.2, 0.25) is 0 Å². The Morgan fingerprint density at radius 2 is 2.18 bits per heavy atom. The number of nitrogens with zero attached hydrogens (tertiary/aromatic N) is 1. The van der Waals surface area contributed by atoms with E-state index in [1.54, 1.807) is 11.3 Å². The highest BCUT2D eigenvalue weighted by molar-refractivity contribution is 7.15. The molecule has 1 aromatic carbocycles. The fourth-order valence-corrected chi connectivity index (χ4v) is 3.83. The number of hydrogen-bond donors (Lipinski definition) is 1. The van der Waals surface area contributed by atoms with Gasteiger partial charge in [0.25, 0.3) is 0 Å². The normalized spacial score (nSPS) is 13.5. The maximum atomic E-state index is 5.75. The Morgan fingerprint density at radius 1 is 1.36 bits per heavy atom. The molecule has 4 rings (SSSR count). The first-order valence-corrected chi connectivity index (χ1v) is 8.40. The molecular formula is C18H18N2OS. The molecule has 2 heterocycles. The summed E-state index contributed by atoms with van der Waals surface area (Å²) < 4.78 is 5.75. The van der Waals surface area contributed by atoms with Crippen LogP contribution >= 0.6 is 11.3 Å². The Bertz CT molecular complexity index is 859. The molecule has 0 amide bonds. The minimum Gasteiger partial charge on any atom is -0.464 e. The molecule has 0 aliphatic heterocycles. The van der Waals surface area contributed by atoms with Crippen molar-refractivity contribution in [3.8, 4) is 0 Å². The molecule has 1 aliphatic rings. The minimum absolute atomic E-state index is 0.754. The fourth-order valence-electron chi connectivity index (χ4n) is 3.12. The Hall–Kier alpha value is -2.07. The quantitative estimate of drug-likeness (QED) is 0.748. The molecule has 0 unspecified atom stereocenters. The zero-order valence-electron chi connectivity index (χ0n) is 12.6. The highest BCUT2D eigenvalue weighted by Gasteiger charge is 2.15. The van der Waals surface area contributed by atoms with E-state index >= 15 is 0 Å². The van der Waals surface area contributed by atoms with Gasteiger partial charge in [0, 0.05) is 34.1 Å². The molecule has 2 aromatic heterocycles. The average molecular weight is 310 g/mol. The highest BCUT2D eigenvalue weighted by Crippen LogP contribution is 2.31. The van der Waals surface area contributed by atoms with Crippen molar-refractivity contribution >= 4 is 27.4 Å². The largest absolute Gasteiger partial charge is 0.464 e. The van der Waals surface area contributed by atoms with E-state index in [9.17, 15) is 0 Å². The number of furan rings is 1. The van der Waals surface area contributed by atoms with Crippen molar-refractivity contribution in [2.45, 2.75) is 32.6 Å². The van der Waals surface area contributed by atoms with Crippen LogP contribution < -0.4 is 5.32 Å². The second kappa shape index (κ2) is 5.29. The Kier molecular flexibility index (Phi) is 3.26. The SMILES string of the molecule is C=C(Cc1coc2cc3c(cc12)CCC3)Nc1ncc(C)s1. The van der Waals surface area contributed by atoms with Crippen LogP contribution in [0.4, 0.5) is 5.13 Å². The molecule has 1 aliphatic carbocycles. The number of allylic oxidation sites excluding steroid dienone is 1. The average Bonchev–Trinajstić information content (AvgIpc) is 3.18. The first kappa shape index (κ1) is 13.6. The van der Waals surface area contributed by atoms with Crippen LogP contribution in [0.25, 0.3) is 11.0 Å². The third-order valence-corrected chi connectivity index (χ3v) is 5.01. The summed E-state index contributed by atoms with van der Waals surface area (Å²) in [4.78, 5) is 5.51. The Balaban J connectivity index is 1.57. The van der Waals surface area contributed by atoms with Gasteiger partial charge in [-0.25, -0.2) is 4.98 Å². The van der Waals surface area contributed by atoms with Crippen molar-refractivity contribution in [2.75, 3.05) is 5.32 Å². The van der Waals surface area contributed by atoms with Crippen LogP contribution in [0.3, 0.4) is 0 Å². The van der Waals surface area contributed by atoms with E-state index in [2.05, 4.69) is 35.9 Å². The molecule has 0 radical (unpaired) electrons. The molecule has 1 N–H and O–H groups in total. The van der Waals surface area contributed by atoms with E-state index in [0.717, 1.165) is 22.8 Å². The van der Waals surface area contributed by atoms with E-state index in [4.69, 9.17) is 4.42 Å². The van der Waals surface area contributed by atoms with Crippen molar-refractivity contribution in [1.82, 2.24) is 4.98 Å². The van der Waals surface area contributed by atoms with Gasteiger partial charge >= 0.3 is 0 Å². The molecule has 0 atom stereocenters. The maximum absolute atomic E-state index is 5.75. The van der Waals surface area contributed by atoms with Gasteiger partial charge in [-0.15, -0.1) is 11.3 Å². The molecule has 0 spiro atoms. The van der Waals surface area contributed by atoms with Crippen molar-refractivity contribution in [2.24, 2.45) is 0 Å². The number of aromatic nitrogens is 1. The standard InChI is InChI=1S/C18H18N2OS/c1-11(20-18-19-9-12(2)22-18)6-15-10-21-17-8-14-5-3-4-13(14)7-16(15)17/h7-10H,1,3-6H2,2H3,(H,19,20). The first-order valence-electron chi connectivity index (χ1n) is 7.58. The lowest BCUT2D eigenvalue weighted by Gasteiger charge is -2.06. The van der Waals surface area contributed by atoms with Gasteiger partial charge in [0.2, 0.25) is 0 Å². The van der Waals surface area contributed by atoms with Gasteiger partial charge in [0.15, 0.2) is 5.13 Å². The van der Waals surface area contributed by atoms with Crippen molar-refractivity contribution in [1.29, 1.82) is 0 Å². The summed E-state index contributed by atoms with van der Waals surface area (Å²) in [5.41, 5.74) is 6.05. The molecule has 0 fully saturated rings. The smallest absolute Gasteiger partial charge is 0.187 e. The van der Waals surface area contributed by atoms with Gasteiger partial charge in [-0.2, -0.15) is 0 Å². The number of anilines is 1. The van der Waals surface area contributed by atoms with Crippen molar-refractivity contribution in [3.63, 3.8) is 0 Å². The van der Waals surface area contributed by atoms with Crippen molar-refractivity contribution in [3.05, 3.63) is 58.4 Å². The van der Waals surface area contributed by atoms with Gasteiger partial charge in [0.05, 0.1) is 6.26 Å². The minimum atomic E-state index is 0.754. The second-order valence-corrected chi connectivity index (χ2v) is 7.15. The number of rotatable bonds is 4. The molecule has 3 nitrogen and oxygen atoms in total. The lowest BCUT2D eigenvalue weighted by molar-refractivity contribution is 0.611. The number of hydrogen-bond acceptors (Lipinski definition) is 4. The lowest BCUT2D eigenvalue weighted by atomic mass is 10.0. The van der Waals surface area contributed by atoms with E-state index in [1.165, 1.54) is 46.2 Å². The zero-order chi connectivity index (χ0) is 15.1. The monoisotopic (exact) mass is 310 g/mol. The molecule has 112 valence electrons. The summed E-state index contributed by atoms with van der Waals surface area (Å²) in [5.74, 6) is 0. The summed E-state index contributed by atoms with van der Waals surface area (Å²) >= 11 is 1.64. The molecule has 0 saturated heterocycles. The molecule has 22 heavy (non-hydrogen) atoms. The highest BCUT2D eigenvalue weighted by atomic mass is 32.1. The van der Waals surface area contributed by atoms with Crippen molar-refractivity contribution < 1.29 is 4.42 Å². The third-order valence-electron chi connectivity index (χ3n) is 4.18. The maximum Gasteiger partial charge on any atom is 0.187 e. The molecule has 0 saturated carbocycles. The van der Waals surface area contributed by atoms with Gasteiger partial charge in [-0.3, -0.25) is 0 Å². The van der Waals surface area contributed by atoms with E-state index in [0.29, 0.717) is 0 Å². The second-order valence-electron chi connectivity index (χ2n) is 5.91. The number of thiazole rings is 1. The summed E-state index contributed by atoms with van der Waals surface area (Å²) in [6.45, 7) is 6.18. The van der Waals surface area contributed by atoms with Crippen LogP contribution in [-0.4, -0.2) is 4.98 Å². The van der Waals surface area contributed by atoms with Crippen LogP contribution in [0, 0.1) is 6.92 Å². The van der Waals surface area contributed by atoms with Crippen LogP contribution in [0.1, 0.15) is 28.0 Å². The summed E-state index contributed by atoms with van der Waals surface area (Å²) in [6, 6.07) is 4.51. The first-order chi connectivity index (χ1) is 10.7. The Labute approximate surface area is 133 Å². The molecule has 0 bridgehead atoms. The fraction of sp³-hybridized carbons (Fsp3) is 0.278. The third kappa shape index (κ3) is 2.44. The number of aryl methyl sites for hydroxylation is 3. The summed E-state index contributed by atoms with van der Waals surface area (Å²) in [5, 5.41) is 5.41. The Morgan fingerprint density at radius 3 is 2.95 bits per heavy atom. The van der Waals surface area contributed by atoms with Crippen LogP contribution in [0.15, 0.2) is 41.3 Å². The predicted molar refractivity (Wildman–Crippen MR) is 91.6 cm³/mol. The molecular weight excluding hydrogens is 292 g/mol. The number of benzene rings is 1. The summed E-state index contributed by atoms with van der Waals surface area (Å²) in [7, 11) is 0. The summed E-state index contributed by atoms with van der Waals surface area (Å²) in [6.07, 6.45) is 8.11. The zero-order valence-corrected chi connectivity index (χ0v) is 13.4. The van der Waals surface area contributed by atoms with E-state index in [-0.39, 0.29) is 0 Å². The predicted octanol–water partition coefficient (Wildman–Crippen LogP) is 4.85. The molecule has 4 heteroatoms.